The van der Waals surface area contributed by atoms with E-state index in [9.17, 15) is 14.7 Å². The average Bonchev–Trinajstić information content (AvgIpc) is 3.45. The molecular weight excluding hydrogens is 587 g/mol. The molecule has 2 heterocycles. The number of benzene rings is 2. The summed E-state index contributed by atoms with van der Waals surface area (Å²) in [5, 5.41) is 18.2. The Labute approximate surface area is 260 Å². The Bertz CT molecular complexity index is 1790. The van der Waals surface area contributed by atoms with E-state index < -0.39 is 5.97 Å². The second kappa shape index (κ2) is 12.2. The number of carboxylic acid groups (broad SMARTS) is 1. The molecule has 2 aromatic heterocycles. The number of aromatic carboxylic acids is 1. The minimum atomic E-state index is -1.12. The van der Waals surface area contributed by atoms with E-state index in [0.717, 1.165) is 61.1 Å². The van der Waals surface area contributed by atoms with E-state index in [4.69, 9.17) is 27.9 Å². The average molecular weight is 620 g/mol. The lowest BCUT2D eigenvalue weighted by molar-refractivity contribution is -0.112. The van der Waals surface area contributed by atoms with Crippen LogP contribution in [0.25, 0.3) is 16.7 Å². The number of carbonyl (C=O) groups is 2. The van der Waals surface area contributed by atoms with Gasteiger partial charge in [0.1, 0.15) is 5.75 Å². The maximum atomic E-state index is 13.8. The fourth-order valence-electron chi connectivity index (χ4n) is 5.70. The number of anilines is 1. The zero-order valence-electron chi connectivity index (χ0n) is 24.6. The van der Waals surface area contributed by atoms with Crippen molar-refractivity contribution >= 4 is 46.3 Å². The molecule has 8 nitrogen and oxygen atoms in total. The minimum absolute atomic E-state index is 0.0110. The Morgan fingerprint density at radius 3 is 2.42 bits per heavy atom. The molecule has 5 rings (SSSR count). The lowest BCUT2D eigenvalue weighted by Crippen LogP contribution is -2.16. The Hall–Kier alpha value is -4.14. The summed E-state index contributed by atoms with van der Waals surface area (Å²) in [6, 6.07) is 9.08. The summed E-state index contributed by atoms with van der Waals surface area (Å²) in [6.07, 6.45) is 4.28. The molecule has 0 saturated heterocycles. The molecule has 2 N–H and O–H groups in total. The third-order valence-corrected chi connectivity index (χ3v) is 8.74. The molecule has 0 unspecified atom stereocenters. The number of allylic oxidation sites excluding steroid dienone is 1. The van der Waals surface area contributed by atoms with Crippen LogP contribution in [0.15, 0.2) is 48.3 Å². The van der Waals surface area contributed by atoms with E-state index in [0.29, 0.717) is 42.2 Å². The number of carboxylic acids is 1. The largest absolute Gasteiger partial charge is 0.494 e. The van der Waals surface area contributed by atoms with Gasteiger partial charge in [-0.2, -0.15) is 5.10 Å². The molecule has 4 aromatic rings. The Morgan fingerprint density at radius 2 is 1.77 bits per heavy atom. The van der Waals surface area contributed by atoms with Crippen LogP contribution in [0.1, 0.15) is 56.8 Å². The fraction of sp³-hybridized carbons (Fsp3) is 0.273. The third kappa shape index (κ3) is 6.03. The molecule has 1 amide bonds. The van der Waals surface area contributed by atoms with Crippen molar-refractivity contribution in [3.05, 3.63) is 97.5 Å². The van der Waals surface area contributed by atoms with E-state index in [2.05, 4.69) is 15.4 Å². The molecule has 1 aliphatic carbocycles. The van der Waals surface area contributed by atoms with E-state index in [-0.39, 0.29) is 11.5 Å². The molecular formula is C33H32Cl2N4O4. The van der Waals surface area contributed by atoms with Crippen LogP contribution >= 0.6 is 23.2 Å². The first-order valence-electron chi connectivity index (χ1n) is 13.9. The highest BCUT2D eigenvalue weighted by Crippen LogP contribution is 2.45. The Morgan fingerprint density at radius 1 is 1.05 bits per heavy atom. The summed E-state index contributed by atoms with van der Waals surface area (Å²) in [5.41, 5.74) is 9.29. The van der Waals surface area contributed by atoms with Crippen LogP contribution in [0.2, 0.25) is 10.0 Å². The Kier molecular flexibility index (Phi) is 8.62. The fourth-order valence-corrected chi connectivity index (χ4v) is 6.08. The van der Waals surface area contributed by atoms with Crippen molar-refractivity contribution in [3.8, 4) is 16.9 Å². The smallest absolute Gasteiger partial charge is 0.337 e. The summed E-state index contributed by atoms with van der Waals surface area (Å²) in [6.45, 7) is 8.30. The second-order valence-electron chi connectivity index (χ2n) is 10.8. The number of nitrogens with one attached hydrogen (secondary N) is 1. The van der Waals surface area contributed by atoms with Gasteiger partial charge in [0.15, 0.2) is 0 Å². The molecule has 0 saturated carbocycles. The maximum Gasteiger partial charge on any atom is 0.337 e. The van der Waals surface area contributed by atoms with Gasteiger partial charge < -0.3 is 15.2 Å². The van der Waals surface area contributed by atoms with Crippen molar-refractivity contribution in [1.82, 2.24) is 14.8 Å². The van der Waals surface area contributed by atoms with Gasteiger partial charge in [0, 0.05) is 52.1 Å². The number of ether oxygens (including phenoxy) is 1. The molecule has 1 aliphatic rings. The first-order chi connectivity index (χ1) is 20.5. The number of aryl methyl sites for hydroxylation is 4. The summed E-state index contributed by atoms with van der Waals surface area (Å²) in [4.78, 5) is 29.2. The van der Waals surface area contributed by atoms with Crippen LogP contribution in [0.4, 0.5) is 5.69 Å². The van der Waals surface area contributed by atoms with Gasteiger partial charge in [-0.15, -0.1) is 0 Å². The molecule has 222 valence electrons. The normalized spacial score (nSPS) is 12.4. The van der Waals surface area contributed by atoms with Crippen LogP contribution in [0, 0.1) is 27.7 Å². The van der Waals surface area contributed by atoms with Gasteiger partial charge in [-0.05, 0) is 92.6 Å². The van der Waals surface area contributed by atoms with Crippen molar-refractivity contribution in [3.63, 3.8) is 0 Å². The summed E-state index contributed by atoms with van der Waals surface area (Å²) in [5.74, 6) is -0.688. The second-order valence-corrected chi connectivity index (χ2v) is 11.6. The number of hydrogen-bond donors (Lipinski definition) is 2. The minimum Gasteiger partial charge on any atom is -0.494 e. The first-order valence-corrected chi connectivity index (χ1v) is 14.7. The number of amides is 1. The molecule has 0 radical (unpaired) electrons. The van der Waals surface area contributed by atoms with Gasteiger partial charge in [-0.3, -0.25) is 14.5 Å². The predicted octanol–water partition coefficient (Wildman–Crippen LogP) is 7.53. The monoisotopic (exact) mass is 618 g/mol. The first kappa shape index (κ1) is 30.3. The van der Waals surface area contributed by atoms with Crippen molar-refractivity contribution in [2.75, 3.05) is 11.9 Å². The van der Waals surface area contributed by atoms with Gasteiger partial charge in [-0.25, -0.2) is 4.79 Å². The number of fused-ring (bicyclic) bond motifs is 1. The van der Waals surface area contributed by atoms with Gasteiger partial charge in [0.2, 0.25) is 0 Å². The third-order valence-electron chi connectivity index (χ3n) is 7.83. The molecule has 0 fully saturated rings. The van der Waals surface area contributed by atoms with Crippen LogP contribution in [-0.2, 0) is 18.3 Å². The molecule has 2 aromatic carbocycles. The number of halogens is 2. The standard InChI is InChI=1S/C33H32Cl2N4O4/c1-17-11-23(12-18(2)31(17)35)43-10-6-7-24-25-8-9-28(34)30(29-19(3)38-39(5)20(29)4)26(25)14-27(24)32(40)37-22-13-21(33(41)42)15-36-16-22/h8-9,11-13,15-16H,6-7,10,14H2,1-5H3,(H,37,40)(H,41,42). The topological polar surface area (TPSA) is 106 Å². The number of aromatic nitrogens is 3. The zero-order valence-corrected chi connectivity index (χ0v) is 26.2. The van der Waals surface area contributed by atoms with Crippen LogP contribution in [0.3, 0.4) is 0 Å². The van der Waals surface area contributed by atoms with Crippen LogP contribution in [-0.4, -0.2) is 38.4 Å². The van der Waals surface area contributed by atoms with Crippen molar-refractivity contribution in [2.45, 2.75) is 47.0 Å². The number of hydrogen-bond acceptors (Lipinski definition) is 5. The van der Waals surface area contributed by atoms with Gasteiger partial charge in [-0.1, -0.05) is 29.3 Å². The number of rotatable bonds is 9. The summed E-state index contributed by atoms with van der Waals surface area (Å²) >= 11 is 13.1. The predicted molar refractivity (Wildman–Crippen MR) is 169 cm³/mol. The highest BCUT2D eigenvalue weighted by Gasteiger charge is 2.31. The summed E-state index contributed by atoms with van der Waals surface area (Å²) in [7, 11) is 1.90. The molecule has 0 bridgehead atoms. The van der Waals surface area contributed by atoms with E-state index in [1.807, 2.05) is 63.7 Å². The molecule has 0 spiro atoms. The number of nitrogens with zero attached hydrogens (tertiary/aromatic N) is 3. The van der Waals surface area contributed by atoms with Gasteiger partial charge in [0.25, 0.3) is 5.91 Å². The van der Waals surface area contributed by atoms with E-state index in [1.54, 1.807) is 0 Å². The molecule has 10 heteroatoms. The quantitative estimate of drug-likeness (QED) is 0.188. The maximum absolute atomic E-state index is 13.8. The highest BCUT2D eigenvalue weighted by atomic mass is 35.5. The summed E-state index contributed by atoms with van der Waals surface area (Å²) < 4.78 is 7.90. The number of pyridine rings is 1. The molecule has 0 aliphatic heterocycles. The lowest BCUT2D eigenvalue weighted by Gasteiger charge is -2.14. The lowest BCUT2D eigenvalue weighted by atomic mass is 9.93. The zero-order chi connectivity index (χ0) is 31.0. The number of carbonyl (C=O) groups excluding carboxylic acids is 1. The molecule has 43 heavy (non-hydrogen) atoms. The van der Waals surface area contributed by atoms with E-state index >= 15 is 0 Å². The van der Waals surface area contributed by atoms with Crippen molar-refractivity contribution in [1.29, 1.82) is 0 Å². The van der Waals surface area contributed by atoms with Crippen LogP contribution in [0.5, 0.6) is 5.75 Å². The van der Waals surface area contributed by atoms with Gasteiger partial charge >= 0.3 is 5.97 Å². The molecule has 0 atom stereocenters. The van der Waals surface area contributed by atoms with Crippen molar-refractivity contribution in [2.24, 2.45) is 7.05 Å². The van der Waals surface area contributed by atoms with Crippen molar-refractivity contribution < 1.29 is 19.4 Å². The van der Waals surface area contributed by atoms with Crippen LogP contribution < -0.4 is 10.1 Å². The SMILES string of the molecule is Cc1cc(OCCCC2=C(C(=O)Nc3cncc(C(=O)O)c3)Cc3c2ccc(Cl)c3-c2c(C)nn(C)c2C)cc(C)c1Cl. The highest BCUT2D eigenvalue weighted by molar-refractivity contribution is 6.34. The van der Waals surface area contributed by atoms with E-state index in [1.165, 1.54) is 18.5 Å². The van der Waals surface area contributed by atoms with Gasteiger partial charge in [0.05, 0.1) is 29.7 Å². The Balaban J connectivity index is 1.48.